The first-order chi connectivity index (χ1) is 15.0. The molecule has 0 aliphatic rings. The van der Waals surface area contributed by atoms with Crippen molar-refractivity contribution in [3.05, 3.63) is 105 Å². The van der Waals surface area contributed by atoms with Crippen molar-refractivity contribution in [3.63, 3.8) is 0 Å². The molecule has 0 unspecified atom stereocenters. The molecule has 0 spiro atoms. The van der Waals surface area contributed by atoms with Gasteiger partial charge in [0.25, 0.3) is 5.91 Å². The Balaban J connectivity index is 1.64. The Kier molecular flexibility index (Phi) is 6.49. The van der Waals surface area contributed by atoms with Gasteiger partial charge in [0, 0.05) is 52.8 Å². The molecule has 2 heterocycles. The molecule has 156 valence electrons. The van der Waals surface area contributed by atoms with Gasteiger partial charge in [-0.1, -0.05) is 60.1 Å². The molecule has 0 saturated heterocycles. The highest BCUT2D eigenvalue weighted by Gasteiger charge is 2.18. The number of hydrogen-bond acceptors (Lipinski definition) is 3. The van der Waals surface area contributed by atoms with Gasteiger partial charge in [-0.2, -0.15) is 5.10 Å². The van der Waals surface area contributed by atoms with Gasteiger partial charge < -0.3 is 4.90 Å². The van der Waals surface area contributed by atoms with Gasteiger partial charge in [0.2, 0.25) is 0 Å². The summed E-state index contributed by atoms with van der Waals surface area (Å²) < 4.78 is 2.64. The standard InChI is InChI=1S/C24H20BrClN4O/c1-29(24(31)19-11-21(25)13-27-12-19)14-20-16-30(15-18-9-5-6-10-22(18)26)28-23(20)17-7-3-2-4-8-17/h2-13,16H,14-15H2,1H3. The van der Waals surface area contributed by atoms with E-state index in [1.165, 1.54) is 0 Å². The third-order valence-electron chi connectivity index (χ3n) is 4.88. The molecule has 0 radical (unpaired) electrons. The fraction of sp³-hybridized carbons (Fsp3) is 0.125. The largest absolute Gasteiger partial charge is 0.337 e. The second-order valence-electron chi connectivity index (χ2n) is 7.21. The van der Waals surface area contributed by atoms with E-state index < -0.39 is 0 Å². The molecule has 0 bridgehead atoms. The Labute approximate surface area is 194 Å². The first kappa shape index (κ1) is 21.3. The van der Waals surface area contributed by atoms with Gasteiger partial charge >= 0.3 is 0 Å². The zero-order valence-corrected chi connectivity index (χ0v) is 19.2. The van der Waals surface area contributed by atoms with Crippen molar-refractivity contribution >= 4 is 33.4 Å². The lowest BCUT2D eigenvalue weighted by Crippen LogP contribution is -2.26. The Morgan fingerprint density at radius 2 is 1.81 bits per heavy atom. The second kappa shape index (κ2) is 9.45. The van der Waals surface area contributed by atoms with E-state index in [2.05, 4.69) is 20.9 Å². The first-order valence-corrected chi connectivity index (χ1v) is 10.9. The predicted octanol–water partition coefficient (Wildman–Crippen LogP) is 5.68. The quantitative estimate of drug-likeness (QED) is 0.346. The van der Waals surface area contributed by atoms with Crippen LogP contribution in [0.5, 0.6) is 0 Å². The number of benzene rings is 2. The van der Waals surface area contributed by atoms with Crippen molar-refractivity contribution in [2.45, 2.75) is 13.1 Å². The molecule has 7 heteroatoms. The summed E-state index contributed by atoms with van der Waals surface area (Å²) in [5.41, 5.74) is 4.32. The molecule has 0 aliphatic carbocycles. The predicted molar refractivity (Wildman–Crippen MR) is 126 cm³/mol. The number of nitrogens with zero attached hydrogens (tertiary/aromatic N) is 4. The van der Waals surface area contributed by atoms with Gasteiger partial charge in [-0.25, -0.2) is 0 Å². The van der Waals surface area contributed by atoms with Gasteiger partial charge in [0.1, 0.15) is 0 Å². The Bertz CT molecular complexity index is 1210. The highest BCUT2D eigenvalue weighted by Crippen LogP contribution is 2.25. The molecule has 31 heavy (non-hydrogen) atoms. The second-order valence-corrected chi connectivity index (χ2v) is 8.53. The number of carbonyl (C=O) groups excluding carboxylic acids is 1. The maximum absolute atomic E-state index is 12.9. The van der Waals surface area contributed by atoms with E-state index in [-0.39, 0.29) is 5.91 Å². The van der Waals surface area contributed by atoms with Gasteiger partial charge in [-0.3, -0.25) is 14.5 Å². The van der Waals surface area contributed by atoms with E-state index in [0.29, 0.717) is 23.7 Å². The zero-order chi connectivity index (χ0) is 21.8. The number of rotatable bonds is 6. The summed E-state index contributed by atoms with van der Waals surface area (Å²) in [6.07, 6.45) is 5.21. The summed E-state index contributed by atoms with van der Waals surface area (Å²) in [4.78, 5) is 18.7. The molecular weight excluding hydrogens is 476 g/mol. The highest BCUT2D eigenvalue weighted by molar-refractivity contribution is 9.10. The van der Waals surface area contributed by atoms with Crippen LogP contribution in [-0.2, 0) is 13.1 Å². The molecule has 2 aromatic carbocycles. The molecule has 0 saturated carbocycles. The number of hydrogen-bond donors (Lipinski definition) is 0. The van der Waals surface area contributed by atoms with Crippen molar-refractivity contribution in [1.29, 1.82) is 0 Å². The Morgan fingerprint density at radius 1 is 1.06 bits per heavy atom. The fourth-order valence-electron chi connectivity index (χ4n) is 3.38. The van der Waals surface area contributed by atoms with Crippen LogP contribution in [0.25, 0.3) is 11.3 Å². The SMILES string of the molecule is CN(Cc1cn(Cc2ccccc2Cl)nc1-c1ccccc1)C(=O)c1cncc(Br)c1. The maximum atomic E-state index is 12.9. The molecule has 2 aromatic heterocycles. The van der Waals surface area contributed by atoms with E-state index in [1.807, 2.05) is 65.5 Å². The van der Waals surface area contributed by atoms with Crippen LogP contribution in [0.15, 0.2) is 83.7 Å². The highest BCUT2D eigenvalue weighted by atomic mass is 79.9. The molecule has 5 nitrogen and oxygen atoms in total. The van der Waals surface area contributed by atoms with Crippen LogP contribution in [0.4, 0.5) is 0 Å². The van der Waals surface area contributed by atoms with Crippen LogP contribution in [0.2, 0.25) is 5.02 Å². The molecule has 4 rings (SSSR count). The van der Waals surface area contributed by atoms with Gasteiger partial charge in [-0.15, -0.1) is 0 Å². The molecular formula is C24H20BrClN4O. The minimum Gasteiger partial charge on any atom is -0.337 e. The van der Waals surface area contributed by atoms with E-state index >= 15 is 0 Å². The number of amides is 1. The van der Waals surface area contributed by atoms with Gasteiger partial charge in [0.05, 0.1) is 17.8 Å². The summed E-state index contributed by atoms with van der Waals surface area (Å²) in [7, 11) is 1.78. The van der Waals surface area contributed by atoms with Gasteiger partial charge in [-0.05, 0) is 33.6 Å². The van der Waals surface area contributed by atoms with Crippen molar-refractivity contribution < 1.29 is 4.79 Å². The summed E-state index contributed by atoms with van der Waals surface area (Å²) >= 11 is 9.71. The number of aromatic nitrogens is 3. The van der Waals surface area contributed by atoms with Crippen LogP contribution >= 0.6 is 27.5 Å². The molecule has 0 atom stereocenters. The first-order valence-electron chi connectivity index (χ1n) is 9.72. The van der Waals surface area contributed by atoms with E-state index in [4.69, 9.17) is 16.7 Å². The minimum absolute atomic E-state index is 0.105. The van der Waals surface area contributed by atoms with E-state index in [1.54, 1.807) is 30.4 Å². The van der Waals surface area contributed by atoms with Gasteiger partial charge in [0.15, 0.2) is 0 Å². The lowest BCUT2D eigenvalue weighted by atomic mass is 10.1. The average Bonchev–Trinajstić information content (AvgIpc) is 3.17. The van der Waals surface area contributed by atoms with Crippen LogP contribution in [0.3, 0.4) is 0 Å². The fourth-order valence-corrected chi connectivity index (χ4v) is 3.94. The van der Waals surface area contributed by atoms with Crippen LogP contribution < -0.4 is 0 Å². The van der Waals surface area contributed by atoms with E-state index in [0.717, 1.165) is 26.9 Å². The number of halogens is 2. The normalized spacial score (nSPS) is 10.8. The topological polar surface area (TPSA) is 51.0 Å². The van der Waals surface area contributed by atoms with Crippen LogP contribution in [-0.4, -0.2) is 32.6 Å². The summed E-state index contributed by atoms with van der Waals surface area (Å²) in [5, 5.41) is 5.52. The lowest BCUT2D eigenvalue weighted by molar-refractivity contribution is 0.0785. The summed E-state index contributed by atoms with van der Waals surface area (Å²) in [5.74, 6) is -0.105. The molecule has 4 aromatic rings. The van der Waals surface area contributed by atoms with Crippen LogP contribution in [0, 0.1) is 0 Å². The third kappa shape index (κ3) is 5.03. The van der Waals surface area contributed by atoms with Crippen molar-refractivity contribution in [2.75, 3.05) is 7.05 Å². The zero-order valence-electron chi connectivity index (χ0n) is 16.9. The molecule has 0 N–H and O–H groups in total. The summed E-state index contributed by atoms with van der Waals surface area (Å²) in [6.45, 7) is 0.963. The third-order valence-corrected chi connectivity index (χ3v) is 5.68. The molecule has 1 amide bonds. The van der Waals surface area contributed by atoms with Crippen molar-refractivity contribution in [2.24, 2.45) is 0 Å². The summed E-state index contributed by atoms with van der Waals surface area (Å²) in [6, 6.07) is 19.5. The maximum Gasteiger partial charge on any atom is 0.255 e. The molecule has 0 aliphatic heterocycles. The lowest BCUT2D eigenvalue weighted by Gasteiger charge is -2.17. The smallest absolute Gasteiger partial charge is 0.255 e. The Morgan fingerprint density at radius 3 is 2.55 bits per heavy atom. The van der Waals surface area contributed by atoms with Crippen molar-refractivity contribution in [3.8, 4) is 11.3 Å². The number of pyridine rings is 1. The number of carbonyl (C=O) groups is 1. The van der Waals surface area contributed by atoms with Crippen LogP contribution in [0.1, 0.15) is 21.5 Å². The van der Waals surface area contributed by atoms with E-state index in [9.17, 15) is 4.79 Å². The Hall–Kier alpha value is -2.96. The van der Waals surface area contributed by atoms with Crippen molar-refractivity contribution in [1.82, 2.24) is 19.7 Å². The minimum atomic E-state index is -0.105. The monoisotopic (exact) mass is 494 g/mol. The average molecular weight is 496 g/mol. The molecule has 0 fully saturated rings.